The van der Waals surface area contributed by atoms with Gasteiger partial charge in [-0.25, -0.2) is 4.98 Å². The summed E-state index contributed by atoms with van der Waals surface area (Å²) < 4.78 is 5.73. The van der Waals surface area contributed by atoms with Crippen molar-refractivity contribution in [1.29, 1.82) is 0 Å². The highest BCUT2D eigenvalue weighted by molar-refractivity contribution is 6.29. The van der Waals surface area contributed by atoms with Crippen LogP contribution < -0.4 is 4.74 Å². The Morgan fingerprint density at radius 2 is 1.86 bits per heavy atom. The maximum Gasteiger partial charge on any atom is 0.218 e. The predicted molar refractivity (Wildman–Crippen MR) is 83.6 cm³/mol. The fourth-order valence-electron chi connectivity index (χ4n) is 2.47. The summed E-state index contributed by atoms with van der Waals surface area (Å²) in [5.74, 6) is 1.13. The molecule has 1 saturated heterocycles. The molecule has 0 saturated carbocycles. The molecule has 0 spiro atoms. The average Bonchev–Trinajstić information content (AvgIpc) is 3.01. The number of nitrogens with zero attached hydrogens (tertiary/aromatic N) is 3. The maximum atomic E-state index is 6.06. The second-order valence-corrected chi connectivity index (χ2v) is 5.50. The summed E-state index contributed by atoms with van der Waals surface area (Å²) in [5.41, 5.74) is 0.935. The van der Waals surface area contributed by atoms with Gasteiger partial charge in [0, 0.05) is 18.2 Å². The Hall–Kier alpha value is -1.65. The number of ether oxygens (including phenoxy) is 1. The molecule has 5 heteroatoms. The summed E-state index contributed by atoms with van der Waals surface area (Å²) >= 11 is 6.06. The molecule has 0 radical (unpaired) electrons. The molecule has 1 aliphatic rings. The normalized spacial score (nSPS) is 15.3. The SMILES string of the molecule is Clc1cc(OCCN2CCCC2)nc(-c2ccccc2)n1. The van der Waals surface area contributed by atoms with Gasteiger partial charge in [0.1, 0.15) is 11.8 Å². The predicted octanol–water partition coefficient (Wildman–Crippen LogP) is 3.27. The van der Waals surface area contributed by atoms with Gasteiger partial charge in [0.25, 0.3) is 0 Å². The topological polar surface area (TPSA) is 38.2 Å². The third-order valence-electron chi connectivity index (χ3n) is 3.56. The van der Waals surface area contributed by atoms with Crippen molar-refractivity contribution in [2.24, 2.45) is 0 Å². The van der Waals surface area contributed by atoms with Crippen molar-refractivity contribution >= 4 is 11.6 Å². The lowest BCUT2D eigenvalue weighted by molar-refractivity contribution is 0.232. The van der Waals surface area contributed by atoms with Crippen molar-refractivity contribution < 1.29 is 4.74 Å². The van der Waals surface area contributed by atoms with Crippen molar-refractivity contribution in [3.8, 4) is 17.3 Å². The molecule has 110 valence electrons. The van der Waals surface area contributed by atoms with Gasteiger partial charge >= 0.3 is 0 Å². The molecular formula is C16H18ClN3O. The monoisotopic (exact) mass is 303 g/mol. The number of halogens is 1. The quantitative estimate of drug-likeness (QED) is 0.795. The Morgan fingerprint density at radius 3 is 2.62 bits per heavy atom. The van der Waals surface area contributed by atoms with E-state index in [9.17, 15) is 0 Å². The molecule has 1 aliphatic heterocycles. The van der Waals surface area contributed by atoms with Crippen LogP contribution in [0, 0.1) is 0 Å². The molecule has 1 aromatic carbocycles. The first-order valence-corrected chi connectivity index (χ1v) is 7.64. The second kappa shape index (κ2) is 6.87. The van der Waals surface area contributed by atoms with Crippen LogP contribution in [0.5, 0.6) is 5.88 Å². The van der Waals surface area contributed by atoms with E-state index in [0.717, 1.165) is 12.1 Å². The number of benzene rings is 1. The summed E-state index contributed by atoms with van der Waals surface area (Å²) in [5, 5.41) is 0.403. The molecule has 0 bridgehead atoms. The molecule has 0 unspecified atom stereocenters. The van der Waals surface area contributed by atoms with Gasteiger partial charge in [0.15, 0.2) is 5.82 Å². The highest BCUT2D eigenvalue weighted by Crippen LogP contribution is 2.21. The van der Waals surface area contributed by atoms with Crippen molar-refractivity contribution in [3.05, 3.63) is 41.6 Å². The van der Waals surface area contributed by atoms with Crippen LogP contribution in [0.2, 0.25) is 5.15 Å². The molecule has 2 aromatic rings. The van der Waals surface area contributed by atoms with Crippen LogP contribution in [-0.2, 0) is 0 Å². The van der Waals surface area contributed by atoms with E-state index in [4.69, 9.17) is 16.3 Å². The zero-order valence-electron chi connectivity index (χ0n) is 11.8. The minimum atomic E-state index is 0.403. The molecule has 1 aromatic heterocycles. The van der Waals surface area contributed by atoms with Gasteiger partial charge in [-0.3, -0.25) is 4.90 Å². The molecule has 4 nitrogen and oxygen atoms in total. The van der Waals surface area contributed by atoms with Gasteiger partial charge < -0.3 is 4.74 Å². The van der Waals surface area contributed by atoms with Crippen LogP contribution in [0.15, 0.2) is 36.4 Å². The average molecular weight is 304 g/mol. The summed E-state index contributed by atoms with van der Waals surface area (Å²) in [6.45, 7) is 3.90. The summed E-state index contributed by atoms with van der Waals surface area (Å²) in [6.07, 6.45) is 2.58. The van der Waals surface area contributed by atoms with Crippen LogP contribution in [0.4, 0.5) is 0 Å². The van der Waals surface area contributed by atoms with Crippen LogP contribution in [-0.4, -0.2) is 41.1 Å². The third kappa shape index (κ3) is 3.93. The molecule has 0 atom stereocenters. The molecule has 0 N–H and O–H groups in total. The number of aromatic nitrogens is 2. The fraction of sp³-hybridized carbons (Fsp3) is 0.375. The first-order valence-electron chi connectivity index (χ1n) is 7.26. The van der Waals surface area contributed by atoms with E-state index in [1.54, 1.807) is 6.07 Å². The second-order valence-electron chi connectivity index (χ2n) is 5.12. The minimum Gasteiger partial charge on any atom is -0.476 e. The Balaban J connectivity index is 1.66. The maximum absolute atomic E-state index is 6.06. The first kappa shape index (κ1) is 14.3. The molecule has 1 fully saturated rings. The largest absolute Gasteiger partial charge is 0.476 e. The van der Waals surface area contributed by atoms with Gasteiger partial charge in [0.2, 0.25) is 5.88 Å². The summed E-state index contributed by atoms with van der Waals surface area (Å²) in [7, 11) is 0. The van der Waals surface area contributed by atoms with Crippen molar-refractivity contribution in [2.75, 3.05) is 26.2 Å². The van der Waals surface area contributed by atoms with E-state index in [0.29, 0.717) is 23.5 Å². The minimum absolute atomic E-state index is 0.403. The van der Waals surface area contributed by atoms with Crippen molar-refractivity contribution in [3.63, 3.8) is 0 Å². The summed E-state index contributed by atoms with van der Waals surface area (Å²) in [6, 6.07) is 11.4. The highest BCUT2D eigenvalue weighted by atomic mass is 35.5. The molecule has 0 amide bonds. The Labute approximate surface area is 129 Å². The van der Waals surface area contributed by atoms with E-state index >= 15 is 0 Å². The summed E-state index contributed by atoms with van der Waals surface area (Å²) in [4.78, 5) is 11.1. The van der Waals surface area contributed by atoms with E-state index in [2.05, 4.69) is 14.9 Å². The third-order valence-corrected chi connectivity index (χ3v) is 3.75. The van der Waals surface area contributed by atoms with E-state index in [1.807, 2.05) is 30.3 Å². The molecule has 3 rings (SSSR count). The molecule has 2 heterocycles. The Morgan fingerprint density at radius 1 is 1.10 bits per heavy atom. The van der Waals surface area contributed by atoms with Gasteiger partial charge in [0.05, 0.1) is 0 Å². The fourth-order valence-corrected chi connectivity index (χ4v) is 2.65. The van der Waals surface area contributed by atoms with Gasteiger partial charge in [-0.1, -0.05) is 41.9 Å². The number of hydrogen-bond acceptors (Lipinski definition) is 4. The Kier molecular flexibility index (Phi) is 4.68. The molecular weight excluding hydrogens is 286 g/mol. The van der Waals surface area contributed by atoms with Crippen molar-refractivity contribution in [2.45, 2.75) is 12.8 Å². The van der Waals surface area contributed by atoms with E-state index in [-0.39, 0.29) is 0 Å². The molecule has 0 aliphatic carbocycles. The van der Waals surface area contributed by atoms with Gasteiger partial charge in [-0.05, 0) is 25.9 Å². The van der Waals surface area contributed by atoms with Gasteiger partial charge in [-0.2, -0.15) is 4.98 Å². The lowest BCUT2D eigenvalue weighted by Crippen LogP contribution is -2.25. The van der Waals surface area contributed by atoms with Crippen LogP contribution >= 0.6 is 11.6 Å². The van der Waals surface area contributed by atoms with E-state index < -0.39 is 0 Å². The standard InChI is InChI=1S/C16H18ClN3O/c17-14-12-15(21-11-10-20-8-4-5-9-20)19-16(18-14)13-6-2-1-3-7-13/h1-3,6-7,12H,4-5,8-11H2. The lowest BCUT2D eigenvalue weighted by Gasteiger charge is -2.14. The van der Waals surface area contributed by atoms with Crippen LogP contribution in [0.3, 0.4) is 0 Å². The van der Waals surface area contributed by atoms with Gasteiger partial charge in [-0.15, -0.1) is 0 Å². The number of likely N-dealkylation sites (tertiary alicyclic amines) is 1. The zero-order chi connectivity index (χ0) is 14.5. The first-order chi connectivity index (χ1) is 10.3. The number of hydrogen-bond donors (Lipinski definition) is 0. The van der Waals surface area contributed by atoms with Crippen molar-refractivity contribution in [1.82, 2.24) is 14.9 Å². The zero-order valence-corrected chi connectivity index (χ0v) is 12.6. The van der Waals surface area contributed by atoms with Crippen LogP contribution in [0.25, 0.3) is 11.4 Å². The number of rotatable bonds is 5. The van der Waals surface area contributed by atoms with E-state index in [1.165, 1.54) is 25.9 Å². The highest BCUT2D eigenvalue weighted by Gasteiger charge is 2.11. The lowest BCUT2D eigenvalue weighted by atomic mass is 10.2. The Bertz CT molecular complexity index is 585. The smallest absolute Gasteiger partial charge is 0.218 e. The van der Waals surface area contributed by atoms with Crippen LogP contribution in [0.1, 0.15) is 12.8 Å². The molecule has 21 heavy (non-hydrogen) atoms.